The molecule has 1 atom stereocenters. The highest BCUT2D eigenvalue weighted by Gasteiger charge is 2.15. The first kappa shape index (κ1) is 14.1. The summed E-state index contributed by atoms with van der Waals surface area (Å²) in [5.74, 6) is 0.851. The Labute approximate surface area is 122 Å². The summed E-state index contributed by atoms with van der Waals surface area (Å²) in [6.45, 7) is 3.97. The predicted molar refractivity (Wildman–Crippen MR) is 80.7 cm³/mol. The molecule has 2 nitrogen and oxygen atoms in total. The van der Waals surface area contributed by atoms with Crippen molar-refractivity contribution in [1.82, 2.24) is 0 Å². The van der Waals surface area contributed by atoms with Gasteiger partial charge in [0.2, 0.25) is 0 Å². The van der Waals surface area contributed by atoms with Crippen molar-refractivity contribution in [1.29, 1.82) is 0 Å². The number of hydrogen-bond donors (Lipinski definition) is 1. The first-order chi connectivity index (χ1) is 9.02. The van der Waals surface area contributed by atoms with E-state index in [9.17, 15) is 5.11 Å². The first-order valence-electron chi connectivity index (χ1n) is 6.11. The fourth-order valence-corrected chi connectivity index (χ4v) is 2.42. The lowest BCUT2D eigenvalue weighted by Gasteiger charge is -2.17. The summed E-state index contributed by atoms with van der Waals surface area (Å²) in [5, 5.41) is 10.5. The molecular weight excluding hydrogens is 304 g/mol. The van der Waals surface area contributed by atoms with Crippen LogP contribution >= 0.6 is 15.9 Å². The van der Waals surface area contributed by atoms with Gasteiger partial charge in [-0.25, -0.2) is 0 Å². The number of methoxy groups -OCH3 is 1. The van der Waals surface area contributed by atoms with Crippen LogP contribution in [0.15, 0.2) is 40.9 Å². The second-order valence-corrected chi connectivity index (χ2v) is 5.55. The number of aliphatic hydroxyl groups is 1. The molecule has 2 aromatic carbocycles. The lowest BCUT2D eigenvalue weighted by molar-refractivity contribution is 0.219. The normalized spacial score (nSPS) is 12.3. The van der Waals surface area contributed by atoms with Crippen molar-refractivity contribution in [2.24, 2.45) is 0 Å². The Morgan fingerprint density at radius 3 is 2.26 bits per heavy atom. The van der Waals surface area contributed by atoms with Gasteiger partial charge in [0, 0.05) is 4.47 Å². The Morgan fingerprint density at radius 2 is 1.68 bits per heavy atom. The van der Waals surface area contributed by atoms with Gasteiger partial charge in [0.15, 0.2) is 0 Å². The quantitative estimate of drug-likeness (QED) is 0.920. The van der Waals surface area contributed by atoms with E-state index in [0.717, 1.165) is 32.5 Å². The lowest BCUT2D eigenvalue weighted by Crippen LogP contribution is -2.03. The van der Waals surface area contributed by atoms with Crippen LogP contribution in [0, 0.1) is 13.8 Å². The fraction of sp³-hybridized carbons (Fsp3) is 0.250. The van der Waals surface area contributed by atoms with Gasteiger partial charge in [0.05, 0.1) is 7.11 Å². The van der Waals surface area contributed by atoms with Crippen LogP contribution in [0.4, 0.5) is 0 Å². The molecule has 0 spiro atoms. The van der Waals surface area contributed by atoms with Gasteiger partial charge >= 0.3 is 0 Å². The highest BCUT2D eigenvalue weighted by Crippen LogP contribution is 2.30. The maximum atomic E-state index is 10.5. The van der Waals surface area contributed by atoms with Crippen LogP contribution in [0.5, 0.6) is 5.75 Å². The van der Waals surface area contributed by atoms with E-state index >= 15 is 0 Å². The SMILES string of the molecule is COc1cc(C)c(C(O)c2ccc(Br)cc2)cc1C. The number of rotatable bonds is 3. The zero-order chi connectivity index (χ0) is 14.0. The molecule has 3 heteroatoms. The smallest absolute Gasteiger partial charge is 0.122 e. The first-order valence-corrected chi connectivity index (χ1v) is 6.91. The van der Waals surface area contributed by atoms with Crippen molar-refractivity contribution >= 4 is 15.9 Å². The molecule has 1 unspecified atom stereocenters. The highest BCUT2D eigenvalue weighted by atomic mass is 79.9. The number of halogens is 1. The second-order valence-electron chi connectivity index (χ2n) is 4.63. The molecule has 0 amide bonds. The molecular formula is C16H17BrO2. The van der Waals surface area contributed by atoms with E-state index < -0.39 is 6.10 Å². The summed E-state index contributed by atoms with van der Waals surface area (Å²) in [6.07, 6.45) is -0.613. The number of aryl methyl sites for hydroxylation is 2. The highest BCUT2D eigenvalue weighted by molar-refractivity contribution is 9.10. The zero-order valence-electron chi connectivity index (χ0n) is 11.3. The van der Waals surface area contributed by atoms with Gasteiger partial charge in [-0.15, -0.1) is 0 Å². The Hall–Kier alpha value is -1.32. The van der Waals surface area contributed by atoms with E-state index in [0.29, 0.717) is 0 Å². The molecule has 100 valence electrons. The molecule has 2 aromatic rings. The van der Waals surface area contributed by atoms with Gasteiger partial charge in [-0.3, -0.25) is 0 Å². The van der Waals surface area contributed by atoms with E-state index in [2.05, 4.69) is 15.9 Å². The van der Waals surface area contributed by atoms with Gasteiger partial charge in [0.1, 0.15) is 11.9 Å². The van der Waals surface area contributed by atoms with Crippen molar-refractivity contribution in [3.63, 3.8) is 0 Å². The number of ether oxygens (including phenoxy) is 1. The van der Waals surface area contributed by atoms with E-state index in [1.54, 1.807) is 7.11 Å². The molecule has 0 radical (unpaired) electrons. The third kappa shape index (κ3) is 2.99. The molecule has 0 aliphatic heterocycles. The fourth-order valence-electron chi connectivity index (χ4n) is 2.15. The van der Waals surface area contributed by atoms with E-state index in [4.69, 9.17) is 4.74 Å². The average Bonchev–Trinajstić information content (AvgIpc) is 2.41. The molecule has 0 heterocycles. The van der Waals surface area contributed by atoms with Crippen LogP contribution in [0.25, 0.3) is 0 Å². The second kappa shape index (κ2) is 5.76. The van der Waals surface area contributed by atoms with Crippen LogP contribution in [0.1, 0.15) is 28.4 Å². The molecule has 0 aliphatic rings. The number of hydrogen-bond acceptors (Lipinski definition) is 2. The maximum Gasteiger partial charge on any atom is 0.122 e. The molecule has 0 bridgehead atoms. The molecule has 0 saturated carbocycles. The monoisotopic (exact) mass is 320 g/mol. The Balaban J connectivity index is 2.41. The van der Waals surface area contributed by atoms with Crippen LogP contribution in [-0.4, -0.2) is 12.2 Å². The van der Waals surface area contributed by atoms with Crippen molar-refractivity contribution in [2.45, 2.75) is 20.0 Å². The minimum Gasteiger partial charge on any atom is -0.496 e. The molecule has 0 saturated heterocycles. The minimum atomic E-state index is -0.613. The van der Waals surface area contributed by atoms with E-state index in [1.165, 1.54) is 0 Å². The average molecular weight is 321 g/mol. The summed E-state index contributed by atoms with van der Waals surface area (Å²) in [4.78, 5) is 0. The van der Waals surface area contributed by atoms with Crippen LogP contribution in [0.2, 0.25) is 0 Å². The molecule has 0 aromatic heterocycles. The van der Waals surface area contributed by atoms with Gasteiger partial charge in [-0.05, 0) is 60.4 Å². The Kier molecular flexibility index (Phi) is 4.27. The Bertz CT molecular complexity index is 576. The summed E-state index contributed by atoms with van der Waals surface area (Å²) < 4.78 is 6.30. The number of benzene rings is 2. The molecule has 0 fully saturated rings. The molecule has 0 aliphatic carbocycles. The minimum absolute atomic E-state index is 0.613. The number of aliphatic hydroxyl groups excluding tert-OH is 1. The van der Waals surface area contributed by atoms with Crippen LogP contribution < -0.4 is 4.74 Å². The van der Waals surface area contributed by atoms with Crippen LogP contribution in [0.3, 0.4) is 0 Å². The third-order valence-corrected chi connectivity index (χ3v) is 3.79. The summed E-state index contributed by atoms with van der Waals surface area (Å²) >= 11 is 3.40. The van der Waals surface area contributed by atoms with Gasteiger partial charge in [-0.1, -0.05) is 28.1 Å². The maximum absolute atomic E-state index is 10.5. The predicted octanol–water partition coefficient (Wildman–Crippen LogP) is 4.16. The topological polar surface area (TPSA) is 29.5 Å². The zero-order valence-corrected chi connectivity index (χ0v) is 12.9. The van der Waals surface area contributed by atoms with Crippen molar-refractivity contribution < 1.29 is 9.84 Å². The summed E-state index contributed by atoms with van der Waals surface area (Å²) in [5.41, 5.74) is 3.86. The van der Waals surface area contributed by atoms with Crippen molar-refractivity contribution in [3.8, 4) is 5.75 Å². The van der Waals surface area contributed by atoms with Crippen molar-refractivity contribution in [2.75, 3.05) is 7.11 Å². The van der Waals surface area contributed by atoms with Crippen LogP contribution in [-0.2, 0) is 0 Å². The largest absolute Gasteiger partial charge is 0.496 e. The van der Waals surface area contributed by atoms with Gasteiger partial charge < -0.3 is 9.84 Å². The summed E-state index contributed by atoms with van der Waals surface area (Å²) in [6, 6.07) is 11.7. The summed E-state index contributed by atoms with van der Waals surface area (Å²) in [7, 11) is 1.66. The Morgan fingerprint density at radius 1 is 1.05 bits per heavy atom. The lowest BCUT2D eigenvalue weighted by atomic mass is 9.95. The standard InChI is InChI=1S/C16H17BrO2/c1-10-9-15(19-3)11(2)8-14(10)16(18)12-4-6-13(17)7-5-12/h4-9,16,18H,1-3H3. The molecule has 19 heavy (non-hydrogen) atoms. The molecule has 1 N–H and O–H groups in total. The van der Waals surface area contributed by atoms with Gasteiger partial charge in [-0.2, -0.15) is 0 Å². The third-order valence-electron chi connectivity index (χ3n) is 3.26. The van der Waals surface area contributed by atoms with Gasteiger partial charge in [0.25, 0.3) is 0 Å². The van der Waals surface area contributed by atoms with Crippen molar-refractivity contribution in [3.05, 3.63) is 63.1 Å². The van der Waals surface area contributed by atoms with E-state index in [1.807, 2.05) is 50.2 Å². The molecule has 2 rings (SSSR count). The van der Waals surface area contributed by atoms with E-state index in [-0.39, 0.29) is 0 Å².